The van der Waals surface area contributed by atoms with Gasteiger partial charge in [0.25, 0.3) is 0 Å². The van der Waals surface area contributed by atoms with E-state index in [0.717, 1.165) is 50.4 Å². The number of rotatable bonds is 11. The first-order valence-corrected chi connectivity index (χ1v) is 10.2. The molecular weight excluding hydrogens is 342 g/mol. The Morgan fingerprint density at radius 3 is 2.30 bits per heavy atom. The number of ketones is 1. The number of carbonyl (C=O) groups excluding carboxylic acids is 1. The van der Waals surface area contributed by atoms with Gasteiger partial charge in [-0.1, -0.05) is 13.8 Å². The van der Waals surface area contributed by atoms with E-state index in [1.807, 2.05) is 52.0 Å². The molecule has 2 rings (SSSR count). The van der Waals surface area contributed by atoms with Crippen LogP contribution in [0.15, 0.2) is 24.3 Å². The number of hydrogen-bond donors (Lipinski definition) is 0. The molecule has 1 fully saturated rings. The smallest absolute Gasteiger partial charge is 0.165 e. The highest BCUT2D eigenvalue weighted by molar-refractivity contribution is 5.97. The summed E-state index contributed by atoms with van der Waals surface area (Å²) in [6, 6.07) is 7.56. The van der Waals surface area contributed by atoms with Crippen LogP contribution >= 0.6 is 0 Å². The number of Topliss-reactive ketones (excluding diaryl/α,β-unsaturated/α-hetero) is 1. The van der Waals surface area contributed by atoms with Gasteiger partial charge in [-0.05, 0) is 51.0 Å². The van der Waals surface area contributed by atoms with Gasteiger partial charge in [-0.2, -0.15) is 0 Å². The first-order valence-electron chi connectivity index (χ1n) is 10.2. The predicted octanol–water partition coefficient (Wildman–Crippen LogP) is 3.81. The van der Waals surface area contributed by atoms with E-state index in [4.69, 9.17) is 14.2 Å². The SMILES string of the molecule is CC(C)OCCOCCN1CCC(Oc2ccc(C(=O)C(C)C)cc2)CC1. The average molecular weight is 378 g/mol. The molecule has 27 heavy (non-hydrogen) atoms. The second kappa shape index (κ2) is 11.4. The summed E-state index contributed by atoms with van der Waals surface area (Å²) in [6.45, 7) is 13.0. The molecule has 0 radical (unpaired) electrons. The van der Waals surface area contributed by atoms with Crippen molar-refractivity contribution < 1.29 is 19.0 Å². The summed E-state index contributed by atoms with van der Waals surface area (Å²) >= 11 is 0. The fourth-order valence-corrected chi connectivity index (χ4v) is 3.11. The zero-order valence-electron chi connectivity index (χ0n) is 17.3. The zero-order valence-corrected chi connectivity index (χ0v) is 17.3. The number of carbonyl (C=O) groups is 1. The Labute approximate surface area is 164 Å². The van der Waals surface area contributed by atoms with E-state index in [1.54, 1.807) is 0 Å². The summed E-state index contributed by atoms with van der Waals surface area (Å²) in [5.41, 5.74) is 0.756. The quantitative estimate of drug-likeness (QED) is 0.433. The molecule has 0 amide bonds. The lowest BCUT2D eigenvalue weighted by Crippen LogP contribution is -2.39. The standard InChI is InChI=1S/C22H35NO4/c1-17(2)22(24)19-5-7-20(8-6-19)27-21-9-11-23(12-10-21)13-14-25-15-16-26-18(3)4/h5-8,17-18,21H,9-16H2,1-4H3. The minimum atomic E-state index is 0.0211. The molecule has 0 spiro atoms. The maximum Gasteiger partial charge on any atom is 0.165 e. The van der Waals surface area contributed by atoms with Gasteiger partial charge in [-0.15, -0.1) is 0 Å². The van der Waals surface area contributed by atoms with Gasteiger partial charge in [-0.25, -0.2) is 0 Å². The van der Waals surface area contributed by atoms with E-state index in [-0.39, 0.29) is 23.9 Å². The lowest BCUT2D eigenvalue weighted by molar-refractivity contribution is 0.00963. The minimum Gasteiger partial charge on any atom is -0.490 e. The van der Waals surface area contributed by atoms with Crippen molar-refractivity contribution in [1.29, 1.82) is 0 Å². The van der Waals surface area contributed by atoms with E-state index < -0.39 is 0 Å². The molecule has 0 aliphatic carbocycles. The molecule has 1 heterocycles. The van der Waals surface area contributed by atoms with E-state index in [1.165, 1.54) is 0 Å². The topological polar surface area (TPSA) is 48.0 Å². The third-order valence-electron chi connectivity index (χ3n) is 4.73. The van der Waals surface area contributed by atoms with Crippen molar-refractivity contribution >= 4 is 5.78 Å². The molecule has 0 bridgehead atoms. The Morgan fingerprint density at radius 2 is 1.70 bits per heavy atom. The molecular formula is C22H35NO4. The van der Waals surface area contributed by atoms with Crippen LogP contribution in [0, 0.1) is 5.92 Å². The molecule has 0 unspecified atom stereocenters. The van der Waals surface area contributed by atoms with Crippen LogP contribution in [-0.4, -0.2) is 62.3 Å². The van der Waals surface area contributed by atoms with Crippen LogP contribution in [0.2, 0.25) is 0 Å². The van der Waals surface area contributed by atoms with Crippen LogP contribution in [0.4, 0.5) is 0 Å². The van der Waals surface area contributed by atoms with Gasteiger partial charge < -0.3 is 19.1 Å². The van der Waals surface area contributed by atoms with E-state index in [9.17, 15) is 4.79 Å². The lowest BCUT2D eigenvalue weighted by Gasteiger charge is -2.32. The summed E-state index contributed by atoms with van der Waals surface area (Å²) < 4.78 is 17.2. The first kappa shape index (κ1) is 21.9. The van der Waals surface area contributed by atoms with Crippen molar-refractivity contribution in [2.24, 2.45) is 5.92 Å². The molecule has 5 nitrogen and oxygen atoms in total. The maximum atomic E-state index is 12.0. The molecule has 1 aromatic carbocycles. The number of benzene rings is 1. The summed E-state index contributed by atoms with van der Waals surface area (Å²) in [5, 5.41) is 0. The van der Waals surface area contributed by atoms with Crippen LogP contribution in [-0.2, 0) is 9.47 Å². The van der Waals surface area contributed by atoms with Gasteiger partial charge in [0.1, 0.15) is 11.9 Å². The number of likely N-dealkylation sites (tertiary alicyclic amines) is 1. The van der Waals surface area contributed by atoms with Crippen LogP contribution in [0.25, 0.3) is 0 Å². The molecule has 1 aliphatic heterocycles. The third kappa shape index (κ3) is 7.99. The largest absolute Gasteiger partial charge is 0.490 e. The summed E-state index contributed by atoms with van der Waals surface area (Å²) in [4.78, 5) is 14.4. The Bertz CT molecular complexity index is 548. The van der Waals surface area contributed by atoms with Crippen molar-refractivity contribution in [2.45, 2.75) is 52.7 Å². The lowest BCUT2D eigenvalue weighted by atomic mass is 10.0. The molecule has 0 aromatic heterocycles. The molecule has 0 N–H and O–H groups in total. The number of ether oxygens (including phenoxy) is 3. The second-order valence-electron chi connectivity index (χ2n) is 7.73. The zero-order chi connectivity index (χ0) is 19.6. The highest BCUT2D eigenvalue weighted by atomic mass is 16.5. The van der Waals surface area contributed by atoms with Gasteiger partial charge in [-0.3, -0.25) is 4.79 Å². The van der Waals surface area contributed by atoms with Gasteiger partial charge in [0.2, 0.25) is 0 Å². The number of nitrogens with zero attached hydrogens (tertiary/aromatic N) is 1. The summed E-state index contributed by atoms with van der Waals surface area (Å²) in [7, 11) is 0. The monoisotopic (exact) mass is 377 g/mol. The first-order chi connectivity index (χ1) is 13.0. The van der Waals surface area contributed by atoms with E-state index in [2.05, 4.69) is 4.90 Å². The Balaban J connectivity index is 1.62. The molecule has 152 valence electrons. The van der Waals surface area contributed by atoms with Crippen molar-refractivity contribution in [3.63, 3.8) is 0 Å². The van der Waals surface area contributed by atoms with Crippen LogP contribution in [0.1, 0.15) is 50.9 Å². The Kier molecular flexibility index (Phi) is 9.25. The second-order valence-corrected chi connectivity index (χ2v) is 7.73. The molecule has 0 atom stereocenters. The fourth-order valence-electron chi connectivity index (χ4n) is 3.11. The Hall–Kier alpha value is -1.43. The molecule has 1 aliphatic rings. The van der Waals surface area contributed by atoms with Crippen molar-refractivity contribution in [1.82, 2.24) is 4.90 Å². The van der Waals surface area contributed by atoms with Crippen molar-refractivity contribution in [2.75, 3.05) is 39.5 Å². The third-order valence-corrected chi connectivity index (χ3v) is 4.73. The maximum absolute atomic E-state index is 12.0. The number of hydrogen-bond acceptors (Lipinski definition) is 5. The normalized spacial score (nSPS) is 16.2. The van der Waals surface area contributed by atoms with Gasteiger partial charge in [0.05, 0.1) is 25.9 Å². The highest BCUT2D eigenvalue weighted by Crippen LogP contribution is 2.20. The van der Waals surface area contributed by atoms with Gasteiger partial charge >= 0.3 is 0 Å². The molecule has 5 heteroatoms. The molecule has 0 saturated carbocycles. The minimum absolute atomic E-state index is 0.0211. The van der Waals surface area contributed by atoms with Crippen LogP contribution in [0.5, 0.6) is 5.75 Å². The van der Waals surface area contributed by atoms with Crippen molar-refractivity contribution in [3.05, 3.63) is 29.8 Å². The fraction of sp³-hybridized carbons (Fsp3) is 0.682. The van der Waals surface area contributed by atoms with Crippen LogP contribution < -0.4 is 4.74 Å². The van der Waals surface area contributed by atoms with E-state index >= 15 is 0 Å². The predicted molar refractivity (Wildman–Crippen MR) is 108 cm³/mol. The van der Waals surface area contributed by atoms with Crippen molar-refractivity contribution in [3.8, 4) is 5.75 Å². The molecule has 1 aromatic rings. The Morgan fingerprint density at radius 1 is 1.04 bits per heavy atom. The van der Waals surface area contributed by atoms with Gasteiger partial charge in [0.15, 0.2) is 5.78 Å². The number of piperidine rings is 1. The summed E-state index contributed by atoms with van der Waals surface area (Å²) in [6.07, 6.45) is 2.54. The molecule has 1 saturated heterocycles. The summed E-state index contributed by atoms with van der Waals surface area (Å²) in [5.74, 6) is 1.04. The average Bonchev–Trinajstić information content (AvgIpc) is 2.65. The van der Waals surface area contributed by atoms with E-state index in [0.29, 0.717) is 13.2 Å². The van der Waals surface area contributed by atoms with Gasteiger partial charge in [0, 0.05) is 31.1 Å². The highest BCUT2D eigenvalue weighted by Gasteiger charge is 2.20. The van der Waals surface area contributed by atoms with Crippen LogP contribution in [0.3, 0.4) is 0 Å².